The molecule has 2 fully saturated rings. The largest absolute Gasteiger partial charge is 0.365 e. The van der Waals surface area contributed by atoms with Gasteiger partial charge in [0.2, 0.25) is 5.91 Å². The van der Waals surface area contributed by atoms with Crippen LogP contribution in [-0.2, 0) is 11.2 Å². The van der Waals surface area contributed by atoms with Crippen LogP contribution in [0.25, 0.3) is 0 Å². The van der Waals surface area contributed by atoms with Gasteiger partial charge in [-0.3, -0.25) is 14.6 Å². The summed E-state index contributed by atoms with van der Waals surface area (Å²) in [7, 11) is 0. The van der Waals surface area contributed by atoms with Crippen LogP contribution in [0.4, 0.5) is 0 Å². The molecule has 1 atom stereocenters. The van der Waals surface area contributed by atoms with Crippen LogP contribution in [0.2, 0.25) is 0 Å². The summed E-state index contributed by atoms with van der Waals surface area (Å²) < 4.78 is 0. The normalized spacial score (nSPS) is 22.7. The molecule has 4 rings (SSSR count). The molecule has 0 aliphatic carbocycles. The van der Waals surface area contributed by atoms with Crippen molar-refractivity contribution in [3.8, 4) is 0 Å². The van der Waals surface area contributed by atoms with Crippen molar-refractivity contribution >= 4 is 11.8 Å². The molecule has 2 aliphatic heterocycles. The lowest BCUT2D eigenvalue weighted by molar-refractivity contribution is -0.138. The van der Waals surface area contributed by atoms with Crippen molar-refractivity contribution in [1.29, 1.82) is 0 Å². The van der Waals surface area contributed by atoms with Crippen molar-refractivity contribution in [2.75, 3.05) is 26.2 Å². The molecular weight excluding hydrogens is 352 g/mol. The first-order valence-corrected chi connectivity index (χ1v) is 10.2. The van der Waals surface area contributed by atoms with E-state index in [0.29, 0.717) is 13.0 Å². The number of aromatic amines is 1. The van der Waals surface area contributed by atoms with E-state index in [4.69, 9.17) is 0 Å². The topological polar surface area (TPSA) is 69.3 Å². The number of rotatable bonds is 4. The van der Waals surface area contributed by atoms with Gasteiger partial charge in [0.1, 0.15) is 0 Å². The van der Waals surface area contributed by atoms with Gasteiger partial charge in [0.05, 0.1) is 5.56 Å². The number of carbonyl (C=O) groups is 2. The number of piperidine rings is 2. The summed E-state index contributed by atoms with van der Waals surface area (Å²) >= 11 is 0. The zero-order valence-corrected chi connectivity index (χ0v) is 16.5. The Morgan fingerprint density at radius 2 is 2.14 bits per heavy atom. The molecule has 0 unspecified atom stereocenters. The predicted molar refractivity (Wildman–Crippen MR) is 107 cm³/mol. The van der Waals surface area contributed by atoms with Gasteiger partial charge in [0, 0.05) is 68.2 Å². The highest BCUT2D eigenvalue weighted by Gasteiger charge is 2.42. The first kappa shape index (κ1) is 18.7. The number of likely N-dealkylation sites (tertiary alicyclic amines) is 2. The summed E-state index contributed by atoms with van der Waals surface area (Å²) in [5.74, 6) is 0.334. The molecule has 0 bridgehead atoms. The van der Waals surface area contributed by atoms with Gasteiger partial charge < -0.3 is 14.8 Å². The zero-order chi connectivity index (χ0) is 19.6. The van der Waals surface area contributed by atoms with E-state index in [1.807, 2.05) is 47.2 Å². The maximum absolute atomic E-state index is 13.0. The van der Waals surface area contributed by atoms with E-state index in [0.717, 1.165) is 62.3 Å². The average molecular weight is 380 g/mol. The summed E-state index contributed by atoms with van der Waals surface area (Å²) in [6, 6.07) is 7.76. The Kier molecular flexibility index (Phi) is 5.20. The highest BCUT2D eigenvalue weighted by atomic mass is 16.2. The smallest absolute Gasteiger partial charge is 0.255 e. The second-order valence-electron chi connectivity index (χ2n) is 8.23. The lowest BCUT2D eigenvalue weighted by atomic mass is 9.73. The molecular formula is C22H28N4O2. The van der Waals surface area contributed by atoms with Gasteiger partial charge in [-0.15, -0.1) is 0 Å². The first-order valence-electron chi connectivity index (χ1n) is 10.2. The van der Waals surface area contributed by atoms with Gasteiger partial charge in [0.15, 0.2) is 0 Å². The SMILES string of the molecule is Cc1[nH]ccc1C(=O)N1CCC[C@]2(CCC(=O)N(CCc3ccccn3)C2)C1. The molecule has 2 aromatic rings. The van der Waals surface area contributed by atoms with E-state index in [1.165, 1.54) is 0 Å². The minimum atomic E-state index is 0.0240. The summed E-state index contributed by atoms with van der Waals surface area (Å²) in [6.07, 6.45) is 7.92. The molecule has 1 spiro atoms. The highest BCUT2D eigenvalue weighted by molar-refractivity contribution is 5.95. The van der Waals surface area contributed by atoms with Crippen LogP contribution in [0.1, 0.15) is 47.4 Å². The van der Waals surface area contributed by atoms with E-state index in [-0.39, 0.29) is 17.2 Å². The molecule has 148 valence electrons. The molecule has 2 amide bonds. The molecule has 28 heavy (non-hydrogen) atoms. The van der Waals surface area contributed by atoms with Crippen LogP contribution in [-0.4, -0.2) is 57.8 Å². The van der Waals surface area contributed by atoms with Crippen molar-refractivity contribution in [2.45, 2.75) is 39.0 Å². The van der Waals surface area contributed by atoms with Gasteiger partial charge >= 0.3 is 0 Å². The number of pyridine rings is 1. The standard InChI is InChI=1S/C22H28N4O2/c1-17-19(7-12-23-17)21(28)26-13-4-9-22(16-26)10-6-20(27)25(15-22)14-8-18-5-2-3-11-24-18/h2-3,5,7,11-12,23H,4,6,8-10,13-16H2,1H3/t22-/m1/s1. The molecule has 4 heterocycles. The van der Waals surface area contributed by atoms with Crippen molar-refractivity contribution in [2.24, 2.45) is 5.41 Å². The van der Waals surface area contributed by atoms with Crippen LogP contribution < -0.4 is 0 Å². The number of hydrogen-bond acceptors (Lipinski definition) is 3. The quantitative estimate of drug-likeness (QED) is 0.887. The molecule has 2 aromatic heterocycles. The number of amides is 2. The van der Waals surface area contributed by atoms with Crippen molar-refractivity contribution < 1.29 is 9.59 Å². The molecule has 0 radical (unpaired) electrons. The van der Waals surface area contributed by atoms with Gasteiger partial charge in [0.25, 0.3) is 5.91 Å². The van der Waals surface area contributed by atoms with Gasteiger partial charge in [-0.2, -0.15) is 0 Å². The van der Waals surface area contributed by atoms with Gasteiger partial charge in [-0.05, 0) is 44.4 Å². The van der Waals surface area contributed by atoms with Gasteiger partial charge in [-0.1, -0.05) is 6.07 Å². The minimum absolute atomic E-state index is 0.0240. The van der Waals surface area contributed by atoms with Crippen LogP contribution >= 0.6 is 0 Å². The minimum Gasteiger partial charge on any atom is -0.365 e. The third-order valence-electron chi connectivity index (χ3n) is 6.25. The third kappa shape index (κ3) is 3.81. The fraction of sp³-hybridized carbons (Fsp3) is 0.500. The maximum Gasteiger partial charge on any atom is 0.255 e. The second-order valence-corrected chi connectivity index (χ2v) is 8.23. The second kappa shape index (κ2) is 7.78. The number of H-pyrrole nitrogens is 1. The van der Waals surface area contributed by atoms with Crippen molar-refractivity contribution in [3.63, 3.8) is 0 Å². The molecule has 1 N–H and O–H groups in total. The van der Waals surface area contributed by atoms with E-state index < -0.39 is 0 Å². The Morgan fingerprint density at radius 3 is 2.89 bits per heavy atom. The number of nitrogens with zero attached hydrogens (tertiary/aromatic N) is 3. The average Bonchev–Trinajstić information content (AvgIpc) is 3.15. The van der Waals surface area contributed by atoms with Crippen LogP contribution in [0.15, 0.2) is 36.7 Å². The fourth-order valence-corrected chi connectivity index (χ4v) is 4.67. The molecule has 2 aliphatic rings. The number of nitrogens with one attached hydrogen (secondary N) is 1. The Morgan fingerprint density at radius 1 is 1.25 bits per heavy atom. The van der Waals surface area contributed by atoms with E-state index in [1.54, 1.807) is 6.20 Å². The lowest BCUT2D eigenvalue weighted by Crippen LogP contribution is -2.55. The van der Waals surface area contributed by atoms with E-state index >= 15 is 0 Å². The van der Waals surface area contributed by atoms with E-state index in [2.05, 4.69) is 9.97 Å². The fourth-order valence-electron chi connectivity index (χ4n) is 4.67. The first-order chi connectivity index (χ1) is 13.6. The van der Waals surface area contributed by atoms with Crippen molar-refractivity contribution in [1.82, 2.24) is 19.8 Å². The molecule has 2 saturated heterocycles. The third-order valence-corrected chi connectivity index (χ3v) is 6.25. The van der Waals surface area contributed by atoms with Crippen LogP contribution in [0, 0.1) is 12.3 Å². The number of aryl methyl sites for hydroxylation is 1. The molecule has 6 nitrogen and oxygen atoms in total. The van der Waals surface area contributed by atoms with Crippen LogP contribution in [0.3, 0.4) is 0 Å². The number of hydrogen-bond donors (Lipinski definition) is 1. The van der Waals surface area contributed by atoms with Crippen molar-refractivity contribution in [3.05, 3.63) is 53.6 Å². The summed E-state index contributed by atoms with van der Waals surface area (Å²) in [5.41, 5.74) is 2.71. The molecule has 0 saturated carbocycles. The van der Waals surface area contributed by atoms with Gasteiger partial charge in [-0.25, -0.2) is 0 Å². The zero-order valence-electron chi connectivity index (χ0n) is 16.5. The number of aromatic nitrogens is 2. The van der Waals surface area contributed by atoms with E-state index in [9.17, 15) is 9.59 Å². The Bertz CT molecular complexity index is 847. The maximum atomic E-state index is 13.0. The molecule has 6 heteroatoms. The Hall–Kier alpha value is -2.63. The summed E-state index contributed by atoms with van der Waals surface area (Å²) in [5, 5.41) is 0. The summed E-state index contributed by atoms with van der Waals surface area (Å²) in [6.45, 7) is 4.92. The number of carbonyl (C=O) groups excluding carboxylic acids is 2. The summed E-state index contributed by atoms with van der Waals surface area (Å²) in [4.78, 5) is 36.9. The van der Waals surface area contributed by atoms with Crippen LogP contribution in [0.5, 0.6) is 0 Å². The monoisotopic (exact) mass is 380 g/mol. The molecule has 0 aromatic carbocycles. The Labute approximate surface area is 165 Å². The Balaban J connectivity index is 1.43. The highest BCUT2D eigenvalue weighted by Crippen LogP contribution is 2.39. The lowest BCUT2D eigenvalue weighted by Gasteiger charge is -2.48. The predicted octanol–water partition coefficient (Wildman–Crippen LogP) is 2.81.